The summed E-state index contributed by atoms with van der Waals surface area (Å²) in [4.78, 5) is 7.54. The zero-order valence-corrected chi connectivity index (χ0v) is 8.71. The molecule has 0 saturated heterocycles. The van der Waals surface area contributed by atoms with Crippen molar-refractivity contribution in [1.82, 2.24) is 9.97 Å². The van der Waals surface area contributed by atoms with E-state index >= 15 is 0 Å². The highest BCUT2D eigenvalue weighted by molar-refractivity contribution is 5.34. The number of alkyl halides is 3. The molecular weight excluding hydrogens is 223 g/mol. The molecule has 7 heteroatoms. The van der Waals surface area contributed by atoms with Gasteiger partial charge < -0.3 is 10.1 Å². The first-order valence-electron chi connectivity index (χ1n) is 4.70. The number of rotatable bonds is 5. The van der Waals surface area contributed by atoms with Gasteiger partial charge in [-0.05, 0) is 6.92 Å². The summed E-state index contributed by atoms with van der Waals surface area (Å²) in [5, 5.41) is 2.17. The van der Waals surface area contributed by atoms with E-state index in [1.54, 1.807) is 0 Å². The van der Waals surface area contributed by atoms with Crippen LogP contribution in [0.3, 0.4) is 0 Å². The molecule has 90 valence electrons. The molecule has 0 aliphatic carbocycles. The lowest BCUT2D eigenvalue weighted by atomic mass is 10.4. The Balaban J connectivity index is 2.53. The van der Waals surface area contributed by atoms with E-state index in [4.69, 9.17) is 4.74 Å². The predicted molar refractivity (Wildman–Crippen MR) is 51.9 cm³/mol. The Morgan fingerprint density at radius 1 is 1.38 bits per heavy atom. The zero-order chi connectivity index (χ0) is 12.0. The number of halogens is 3. The largest absolute Gasteiger partial charge is 0.405 e. The number of anilines is 1. The van der Waals surface area contributed by atoms with Crippen molar-refractivity contribution >= 4 is 5.82 Å². The number of aromatic nitrogens is 2. The molecule has 0 spiro atoms. The Hall–Kier alpha value is -1.37. The number of nitrogens with zero attached hydrogens (tertiary/aromatic N) is 2. The molecule has 1 aromatic heterocycles. The summed E-state index contributed by atoms with van der Waals surface area (Å²) < 4.78 is 40.8. The van der Waals surface area contributed by atoms with Crippen molar-refractivity contribution in [2.75, 3.05) is 18.5 Å². The van der Waals surface area contributed by atoms with Crippen LogP contribution in [0, 0.1) is 0 Å². The monoisotopic (exact) mass is 235 g/mol. The Morgan fingerprint density at radius 3 is 2.75 bits per heavy atom. The van der Waals surface area contributed by atoms with Crippen LogP contribution < -0.4 is 5.32 Å². The molecule has 0 radical (unpaired) electrons. The second kappa shape index (κ2) is 5.64. The molecule has 0 atom stereocenters. The molecule has 1 aromatic rings. The smallest absolute Gasteiger partial charge is 0.375 e. The van der Waals surface area contributed by atoms with E-state index in [-0.39, 0.29) is 12.4 Å². The second-order valence-corrected chi connectivity index (χ2v) is 3.00. The van der Waals surface area contributed by atoms with Crippen LogP contribution in [0.25, 0.3) is 0 Å². The minimum Gasteiger partial charge on any atom is -0.375 e. The van der Waals surface area contributed by atoms with E-state index in [1.807, 2.05) is 6.92 Å². The van der Waals surface area contributed by atoms with Gasteiger partial charge in [-0.15, -0.1) is 0 Å². The molecule has 16 heavy (non-hydrogen) atoms. The van der Waals surface area contributed by atoms with Crippen LogP contribution in [-0.4, -0.2) is 29.3 Å². The molecule has 0 aliphatic rings. The van der Waals surface area contributed by atoms with E-state index < -0.39 is 12.7 Å². The maximum atomic E-state index is 11.9. The predicted octanol–water partition coefficient (Wildman–Crippen LogP) is 1.99. The standard InChI is InChI=1S/C9H12F3N3O/c1-2-16-4-7-3-8(15-6-14-7)13-5-9(10,11)12/h3,6H,2,4-5H2,1H3,(H,13,14,15). The molecule has 0 bridgehead atoms. The van der Waals surface area contributed by atoms with Gasteiger partial charge in [0.15, 0.2) is 0 Å². The van der Waals surface area contributed by atoms with Crippen LogP contribution in [0.1, 0.15) is 12.6 Å². The summed E-state index contributed by atoms with van der Waals surface area (Å²) in [7, 11) is 0. The van der Waals surface area contributed by atoms with Crippen LogP contribution in [0.5, 0.6) is 0 Å². The molecule has 4 nitrogen and oxygen atoms in total. The molecule has 0 aromatic carbocycles. The summed E-state index contributed by atoms with van der Waals surface area (Å²) in [5.41, 5.74) is 0.543. The number of nitrogens with one attached hydrogen (secondary N) is 1. The molecule has 1 rings (SSSR count). The SMILES string of the molecule is CCOCc1cc(NCC(F)(F)F)ncn1. The summed E-state index contributed by atoms with van der Waals surface area (Å²) in [6, 6.07) is 1.43. The Morgan fingerprint density at radius 2 is 2.12 bits per heavy atom. The van der Waals surface area contributed by atoms with Gasteiger partial charge in [0.2, 0.25) is 0 Å². The third-order valence-corrected chi connectivity index (χ3v) is 1.65. The summed E-state index contributed by atoms with van der Waals surface area (Å²) >= 11 is 0. The van der Waals surface area contributed by atoms with Crippen molar-refractivity contribution in [2.24, 2.45) is 0 Å². The van der Waals surface area contributed by atoms with Gasteiger partial charge in [-0.3, -0.25) is 0 Å². The summed E-state index contributed by atoms with van der Waals surface area (Å²) in [5.74, 6) is 0.141. The van der Waals surface area contributed by atoms with Gasteiger partial charge in [-0.1, -0.05) is 0 Å². The molecule has 0 amide bonds. The van der Waals surface area contributed by atoms with Gasteiger partial charge in [-0.25, -0.2) is 9.97 Å². The van der Waals surface area contributed by atoms with Crippen LogP contribution in [0.2, 0.25) is 0 Å². The zero-order valence-electron chi connectivity index (χ0n) is 8.71. The highest BCUT2D eigenvalue weighted by atomic mass is 19.4. The Kier molecular flexibility index (Phi) is 4.48. The Labute approximate surface area is 90.9 Å². The molecule has 0 saturated carbocycles. The van der Waals surface area contributed by atoms with Gasteiger partial charge in [-0.2, -0.15) is 13.2 Å². The molecule has 0 aliphatic heterocycles. The van der Waals surface area contributed by atoms with Crippen molar-refractivity contribution < 1.29 is 17.9 Å². The normalized spacial score (nSPS) is 11.5. The molecular formula is C9H12F3N3O. The van der Waals surface area contributed by atoms with E-state index in [9.17, 15) is 13.2 Å². The van der Waals surface area contributed by atoms with E-state index in [2.05, 4.69) is 15.3 Å². The van der Waals surface area contributed by atoms with Crippen molar-refractivity contribution in [3.63, 3.8) is 0 Å². The minimum atomic E-state index is -4.26. The van der Waals surface area contributed by atoms with E-state index in [0.717, 1.165) is 0 Å². The van der Waals surface area contributed by atoms with E-state index in [0.29, 0.717) is 12.3 Å². The maximum Gasteiger partial charge on any atom is 0.405 e. The van der Waals surface area contributed by atoms with Gasteiger partial charge >= 0.3 is 6.18 Å². The highest BCUT2D eigenvalue weighted by Crippen LogP contribution is 2.15. The lowest BCUT2D eigenvalue weighted by Crippen LogP contribution is -2.21. The lowest BCUT2D eigenvalue weighted by molar-refractivity contribution is -0.115. The van der Waals surface area contributed by atoms with Crippen molar-refractivity contribution in [1.29, 1.82) is 0 Å². The van der Waals surface area contributed by atoms with Gasteiger partial charge in [0.1, 0.15) is 18.7 Å². The fourth-order valence-corrected chi connectivity index (χ4v) is 0.971. The van der Waals surface area contributed by atoms with Crippen LogP contribution in [0.15, 0.2) is 12.4 Å². The fourth-order valence-electron chi connectivity index (χ4n) is 0.971. The van der Waals surface area contributed by atoms with Gasteiger partial charge in [0, 0.05) is 12.7 Å². The number of hydrogen-bond acceptors (Lipinski definition) is 4. The first-order valence-corrected chi connectivity index (χ1v) is 4.70. The Bertz CT molecular complexity index is 330. The van der Waals surface area contributed by atoms with Crippen molar-refractivity contribution in [2.45, 2.75) is 19.7 Å². The average Bonchev–Trinajstić information content (AvgIpc) is 2.23. The third kappa shape index (κ3) is 4.92. The molecule has 1 heterocycles. The fraction of sp³-hybridized carbons (Fsp3) is 0.556. The van der Waals surface area contributed by atoms with Crippen molar-refractivity contribution in [3.05, 3.63) is 18.1 Å². The average molecular weight is 235 g/mol. The topological polar surface area (TPSA) is 47.0 Å². The molecule has 0 unspecified atom stereocenters. The van der Waals surface area contributed by atoms with Crippen LogP contribution in [-0.2, 0) is 11.3 Å². The maximum absolute atomic E-state index is 11.9. The lowest BCUT2D eigenvalue weighted by Gasteiger charge is -2.09. The molecule has 0 fully saturated rings. The van der Waals surface area contributed by atoms with Crippen molar-refractivity contribution in [3.8, 4) is 0 Å². The summed E-state index contributed by atoms with van der Waals surface area (Å²) in [6.45, 7) is 1.50. The van der Waals surface area contributed by atoms with E-state index in [1.165, 1.54) is 12.4 Å². The highest BCUT2D eigenvalue weighted by Gasteiger charge is 2.26. The number of ether oxygens (including phenoxy) is 1. The minimum absolute atomic E-state index is 0.141. The van der Waals surface area contributed by atoms with Crippen LogP contribution in [0.4, 0.5) is 19.0 Å². The number of hydrogen-bond donors (Lipinski definition) is 1. The summed E-state index contributed by atoms with van der Waals surface area (Å²) in [6.07, 6.45) is -3.06. The van der Waals surface area contributed by atoms with Crippen LogP contribution >= 0.6 is 0 Å². The van der Waals surface area contributed by atoms with Gasteiger partial charge in [0.25, 0.3) is 0 Å². The first-order chi connectivity index (χ1) is 7.51. The first kappa shape index (κ1) is 12.7. The van der Waals surface area contributed by atoms with Gasteiger partial charge in [0.05, 0.1) is 12.3 Å². The quantitative estimate of drug-likeness (QED) is 0.847. The second-order valence-electron chi connectivity index (χ2n) is 3.00. The third-order valence-electron chi connectivity index (χ3n) is 1.65. The molecule has 1 N–H and O–H groups in total.